The van der Waals surface area contributed by atoms with Crippen LogP contribution in [0.4, 0.5) is 4.79 Å². The quantitative estimate of drug-likeness (QED) is 0.893. The fourth-order valence-corrected chi connectivity index (χ4v) is 3.17. The minimum absolute atomic E-state index is 0.187. The summed E-state index contributed by atoms with van der Waals surface area (Å²) in [7, 11) is 0. The molecule has 1 aromatic carbocycles. The number of aliphatic imine (C=N–C) groups is 1. The van der Waals surface area contributed by atoms with E-state index in [1.807, 2.05) is 24.4 Å². The lowest BCUT2D eigenvalue weighted by molar-refractivity contribution is 0.104. The summed E-state index contributed by atoms with van der Waals surface area (Å²) in [4.78, 5) is 15.3. The zero-order chi connectivity index (χ0) is 15.6. The van der Waals surface area contributed by atoms with Crippen LogP contribution in [0.2, 0.25) is 0 Å². The Morgan fingerprint density at radius 2 is 2.27 bits per heavy atom. The highest BCUT2D eigenvalue weighted by Gasteiger charge is 2.31. The third kappa shape index (κ3) is 3.03. The Labute approximate surface area is 132 Å². The zero-order valence-corrected chi connectivity index (χ0v) is 12.9. The molecular weight excluding hydrogens is 300 g/mol. The van der Waals surface area contributed by atoms with Gasteiger partial charge in [-0.15, -0.1) is 0 Å². The molecule has 0 saturated carbocycles. The number of amidine groups is 1. The third-order valence-corrected chi connectivity index (χ3v) is 4.28. The summed E-state index contributed by atoms with van der Waals surface area (Å²) in [6, 6.07) is 10.2. The van der Waals surface area contributed by atoms with Crippen molar-refractivity contribution in [1.82, 2.24) is 5.32 Å². The molecule has 0 fully saturated rings. The molecule has 22 heavy (non-hydrogen) atoms. The second kappa shape index (κ2) is 5.90. The van der Waals surface area contributed by atoms with Crippen LogP contribution in [0.15, 0.2) is 46.1 Å². The minimum Gasteiger partial charge on any atom is -0.465 e. The first kappa shape index (κ1) is 14.7. The lowest BCUT2D eigenvalue weighted by Gasteiger charge is -2.31. The van der Waals surface area contributed by atoms with E-state index >= 15 is 0 Å². The SMILES string of the molecule is CC1(c2cccc(-c3ccsc3)c2)COCC(NC(=O)O)=N1. The number of rotatable bonds is 2. The number of thiophene rings is 1. The van der Waals surface area contributed by atoms with Crippen molar-refractivity contribution in [2.75, 3.05) is 13.2 Å². The largest absolute Gasteiger partial charge is 0.465 e. The molecule has 1 amide bonds. The van der Waals surface area contributed by atoms with Gasteiger partial charge in [0.2, 0.25) is 0 Å². The first-order chi connectivity index (χ1) is 10.6. The number of carboxylic acid groups (broad SMARTS) is 1. The van der Waals surface area contributed by atoms with E-state index in [1.54, 1.807) is 11.3 Å². The molecule has 1 unspecified atom stereocenters. The van der Waals surface area contributed by atoms with E-state index < -0.39 is 11.6 Å². The Kier molecular flexibility index (Phi) is 3.96. The molecule has 0 bridgehead atoms. The third-order valence-electron chi connectivity index (χ3n) is 3.59. The van der Waals surface area contributed by atoms with E-state index in [0.717, 1.165) is 11.1 Å². The standard InChI is InChI=1S/C16H16N2O3S/c1-16(10-21-8-14(18-16)17-15(19)20)13-4-2-3-11(7-13)12-5-6-22-9-12/h2-7,9H,8,10H2,1H3,(H,17,18)(H,19,20). The molecule has 1 aromatic heterocycles. The van der Waals surface area contributed by atoms with Gasteiger partial charge in [-0.2, -0.15) is 11.3 Å². The Bertz CT molecular complexity index is 712. The Hall–Kier alpha value is -2.18. The maximum absolute atomic E-state index is 10.8. The van der Waals surface area contributed by atoms with Gasteiger partial charge in [-0.25, -0.2) is 4.79 Å². The van der Waals surface area contributed by atoms with Gasteiger partial charge in [-0.05, 0) is 46.5 Å². The van der Waals surface area contributed by atoms with Crippen molar-refractivity contribution in [3.8, 4) is 11.1 Å². The van der Waals surface area contributed by atoms with Crippen LogP contribution in [-0.4, -0.2) is 30.2 Å². The van der Waals surface area contributed by atoms with Crippen molar-refractivity contribution in [3.63, 3.8) is 0 Å². The Morgan fingerprint density at radius 1 is 1.41 bits per heavy atom. The summed E-state index contributed by atoms with van der Waals surface area (Å²) >= 11 is 1.65. The van der Waals surface area contributed by atoms with Crippen molar-refractivity contribution in [1.29, 1.82) is 0 Å². The van der Waals surface area contributed by atoms with Gasteiger partial charge >= 0.3 is 6.09 Å². The summed E-state index contributed by atoms with van der Waals surface area (Å²) in [5.41, 5.74) is 2.69. The minimum atomic E-state index is -1.13. The first-order valence-corrected chi connectivity index (χ1v) is 7.81. The highest BCUT2D eigenvalue weighted by Crippen LogP contribution is 2.32. The van der Waals surface area contributed by atoms with E-state index in [-0.39, 0.29) is 6.61 Å². The van der Waals surface area contributed by atoms with E-state index in [4.69, 9.17) is 9.84 Å². The van der Waals surface area contributed by atoms with Crippen LogP contribution in [0.3, 0.4) is 0 Å². The smallest absolute Gasteiger partial charge is 0.410 e. The van der Waals surface area contributed by atoms with E-state index in [2.05, 4.69) is 33.9 Å². The lowest BCUT2D eigenvalue weighted by atomic mass is 9.90. The van der Waals surface area contributed by atoms with Gasteiger partial charge in [0.05, 0.1) is 6.61 Å². The van der Waals surface area contributed by atoms with Crippen molar-refractivity contribution < 1.29 is 14.6 Å². The maximum Gasteiger partial charge on any atom is 0.410 e. The van der Waals surface area contributed by atoms with Gasteiger partial charge in [-0.3, -0.25) is 10.3 Å². The Morgan fingerprint density at radius 3 is 3.00 bits per heavy atom. The molecule has 0 radical (unpaired) electrons. The summed E-state index contributed by atoms with van der Waals surface area (Å²) in [6.07, 6.45) is -1.13. The average molecular weight is 316 g/mol. The molecule has 114 valence electrons. The van der Waals surface area contributed by atoms with Crippen LogP contribution >= 0.6 is 11.3 Å². The van der Waals surface area contributed by atoms with Crippen molar-refractivity contribution in [2.45, 2.75) is 12.5 Å². The second-order valence-corrected chi connectivity index (χ2v) is 6.13. The van der Waals surface area contributed by atoms with Crippen LogP contribution in [0.5, 0.6) is 0 Å². The molecule has 1 aliphatic heterocycles. The van der Waals surface area contributed by atoms with Gasteiger partial charge in [0.25, 0.3) is 0 Å². The fraction of sp³-hybridized carbons (Fsp3) is 0.250. The predicted molar refractivity (Wildman–Crippen MR) is 86.5 cm³/mol. The molecule has 2 heterocycles. The van der Waals surface area contributed by atoms with Crippen molar-refractivity contribution >= 4 is 23.3 Å². The Balaban J connectivity index is 1.95. The summed E-state index contributed by atoms with van der Waals surface area (Å²) in [5, 5.41) is 15.3. The molecule has 2 N–H and O–H groups in total. The summed E-state index contributed by atoms with van der Waals surface area (Å²) in [5.74, 6) is 0.335. The van der Waals surface area contributed by atoms with Crippen LogP contribution in [-0.2, 0) is 10.3 Å². The molecule has 1 aliphatic rings. The lowest BCUT2D eigenvalue weighted by Crippen LogP contribution is -2.42. The predicted octanol–water partition coefficient (Wildman–Crippen LogP) is 3.33. The van der Waals surface area contributed by atoms with Gasteiger partial charge in [0, 0.05) is 0 Å². The van der Waals surface area contributed by atoms with Gasteiger partial charge < -0.3 is 9.84 Å². The van der Waals surface area contributed by atoms with E-state index in [1.165, 1.54) is 5.56 Å². The number of amides is 1. The second-order valence-electron chi connectivity index (χ2n) is 5.35. The molecule has 0 saturated heterocycles. The first-order valence-electron chi connectivity index (χ1n) is 6.86. The molecule has 3 rings (SSSR count). The molecule has 0 aliphatic carbocycles. The highest BCUT2D eigenvalue weighted by atomic mass is 32.1. The fourth-order valence-electron chi connectivity index (χ4n) is 2.51. The van der Waals surface area contributed by atoms with Gasteiger partial charge in [0.15, 0.2) is 0 Å². The topological polar surface area (TPSA) is 70.9 Å². The van der Waals surface area contributed by atoms with E-state index in [9.17, 15) is 4.79 Å². The van der Waals surface area contributed by atoms with Crippen LogP contribution in [0.25, 0.3) is 11.1 Å². The number of nitrogens with one attached hydrogen (secondary N) is 1. The highest BCUT2D eigenvalue weighted by molar-refractivity contribution is 7.08. The normalized spacial score (nSPS) is 21.2. The van der Waals surface area contributed by atoms with Crippen LogP contribution in [0.1, 0.15) is 12.5 Å². The van der Waals surface area contributed by atoms with Gasteiger partial charge in [-0.1, -0.05) is 18.2 Å². The number of hydrogen-bond acceptors (Lipinski definition) is 4. The zero-order valence-electron chi connectivity index (χ0n) is 12.1. The number of hydrogen-bond donors (Lipinski definition) is 2. The summed E-state index contributed by atoms with van der Waals surface area (Å²) in [6.45, 7) is 2.55. The number of benzene rings is 1. The van der Waals surface area contributed by atoms with Gasteiger partial charge in [0.1, 0.15) is 18.0 Å². The molecule has 6 heteroatoms. The maximum atomic E-state index is 10.8. The number of carbonyl (C=O) groups is 1. The monoisotopic (exact) mass is 316 g/mol. The van der Waals surface area contributed by atoms with Crippen LogP contribution < -0.4 is 5.32 Å². The molecular formula is C16H16N2O3S. The molecule has 2 aromatic rings. The van der Waals surface area contributed by atoms with Crippen LogP contribution in [0, 0.1) is 0 Å². The number of nitrogens with zero attached hydrogens (tertiary/aromatic N) is 1. The molecule has 1 atom stereocenters. The molecule has 5 nitrogen and oxygen atoms in total. The van der Waals surface area contributed by atoms with Crippen molar-refractivity contribution in [3.05, 3.63) is 46.7 Å². The van der Waals surface area contributed by atoms with E-state index in [0.29, 0.717) is 12.4 Å². The number of ether oxygens (including phenoxy) is 1. The molecule has 0 spiro atoms. The average Bonchev–Trinajstić information content (AvgIpc) is 3.01. The summed E-state index contributed by atoms with van der Waals surface area (Å²) < 4.78 is 5.53. The van der Waals surface area contributed by atoms with Crippen molar-refractivity contribution in [2.24, 2.45) is 4.99 Å².